The Hall–Kier alpha value is -1.15. The molecule has 0 aromatic heterocycles. The zero-order valence-corrected chi connectivity index (χ0v) is 8.70. The van der Waals surface area contributed by atoms with Crippen molar-refractivity contribution in [3.63, 3.8) is 0 Å². The van der Waals surface area contributed by atoms with Gasteiger partial charge in [-0.25, -0.2) is 0 Å². The first-order valence-electron chi connectivity index (χ1n) is 5.62. The van der Waals surface area contributed by atoms with Gasteiger partial charge in [0.05, 0.1) is 5.41 Å². The van der Waals surface area contributed by atoms with Gasteiger partial charge >= 0.3 is 0 Å². The van der Waals surface area contributed by atoms with Gasteiger partial charge in [0.1, 0.15) is 6.29 Å². The van der Waals surface area contributed by atoms with Crippen LogP contribution < -0.4 is 5.32 Å². The Morgan fingerprint density at radius 3 is 3.13 bits per heavy atom. The SMILES string of the molecule is O=CC12CCNC(Cc3ccccc31)C2. The highest BCUT2D eigenvalue weighted by atomic mass is 16.1. The van der Waals surface area contributed by atoms with E-state index >= 15 is 0 Å². The molecule has 2 nitrogen and oxygen atoms in total. The molecule has 0 radical (unpaired) electrons. The van der Waals surface area contributed by atoms with Gasteiger partial charge in [0.2, 0.25) is 0 Å². The zero-order valence-electron chi connectivity index (χ0n) is 8.70. The summed E-state index contributed by atoms with van der Waals surface area (Å²) in [6.45, 7) is 0.970. The van der Waals surface area contributed by atoms with Crippen molar-refractivity contribution in [2.45, 2.75) is 30.7 Å². The van der Waals surface area contributed by atoms with Crippen LogP contribution in [-0.2, 0) is 16.6 Å². The van der Waals surface area contributed by atoms with E-state index in [4.69, 9.17) is 0 Å². The van der Waals surface area contributed by atoms with Crippen molar-refractivity contribution in [1.29, 1.82) is 0 Å². The fraction of sp³-hybridized carbons (Fsp3) is 0.462. The van der Waals surface area contributed by atoms with Gasteiger partial charge in [-0.1, -0.05) is 24.3 Å². The Labute approximate surface area is 89.7 Å². The number of hydrogen-bond acceptors (Lipinski definition) is 2. The molecule has 15 heavy (non-hydrogen) atoms. The normalized spacial score (nSPS) is 33.2. The summed E-state index contributed by atoms with van der Waals surface area (Å²) in [5.74, 6) is 0. The molecule has 1 fully saturated rings. The Bertz CT molecular complexity index is 401. The van der Waals surface area contributed by atoms with Crippen molar-refractivity contribution in [1.82, 2.24) is 5.32 Å². The molecule has 2 atom stereocenters. The van der Waals surface area contributed by atoms with Crippen LogP contribution in [0, 0.1) is 0 Å². The lowest BCUT2D eigenvalue weighted by atomic mass is 9.65. The number of carbonyl (C=O) groups excluding carboxylic acids is 1. The fourth-order valence-electron chi connectivity index (χ4n) is 3.12. The molecule has 1 saturated heterocycles. The summed E-state index contributed by atoms with van der Waals surface area (Å²) < 4.78 is 0. The monoisotopic (exact) mass is 201 g/mol. The third-order valence-electron chi connectivity index (χ3n) is 3.86. The first-order valence-corrected chi connectivity index (χ1v) is 5.62. The van der Waals surface area contributed by atoms with Crippen molar-refractivity contribution in [2.75, 3.05) is 6.54 Å². The molecule has 1 aromatic rings. The minimum atomic E-state index is -0.190. The van der Waals surface area contributed by atoms with E-state index in [1.165, 1.54) is 17.4 Å². The van der Waals surface area contributed by atoms with Gasteiger partial charge in [0, 0.05) is 6.04 Å². The molecule has 1 N–H and O–H groups in total. The standard InChI is InChI=1S/C13H15NO/c15-9-13-5-6-14-11(8-13)7-10-3-1-2-4-12(10)13/h1-4,9,11,14H,5-8H2. The molecule has 2 aliphatic rings. The van der Waals surface area contributed by atoms with Crippen LogP contribution in [0.5, 0.6) is 0 Å². The highest BCUT2D eigenvalue weighted by molar-refractivity contribution is 5.71. The summed E-state index contributed by atoms with van der Waals surface area (Å²) in [4.78, 5) is 11.4. The molecule has 2 heteroatoms. The number of aldehydes is 1. The third-order valence-corrected chi connectivity index (χ3v) is 3.86. The van der Waals surface area contributed by atoms with Crippen LogP contribution in [-0.4, -0.2) is 18.9 Å². The second-order valence-electron chi connectivity index (χ2n) is 4.74. The molecule has 0 saturated carbocycles. The Morgan fingerprint density at radius 1 is 1.40 bits per heavy atom. The predicted molar refractivity (Wildman–Crippen MR) is 58.9 cm³/mol. The molecule has 2 bridgehead atoms. The lowest BCUT2D eigenvalue weighted by Crippen LogP contribution is -2.51. The van der Waals surface area contributed by atoms with E-state index in [2.05, 4.69) is 23.5 Å². The molecular formula is C13H15NO. The predicted octanol–water partition coefficient (Wildman–Crippen LogP) is 1.43. The van der Waals surface area contributed by atoms with Crippen molar-refractivity contribution in [3.8, 4) is 0 Å². The van der Waals surface area contributed by atoms with Gasteiger partial charge in [-0.3, -0.25) is 0 Å². The van der Waals surface area contributed by atoms with Gasteiger partial charge in [-0.05, 0) is 36.9 Å². The highest BCUT2D eigenvalue weighted by Gasteiger charge is 2.42. The lowest BCUT2D eigenvalue weighted by molar-refractivity contribution is -0.114. The summed E-state index contributed by atoms with van der Waals surface area (Å²) in [5, 5.41) is 3.49. The van der Waals surface area contributed by atoms with Gasteiger partial charge in [0.25, 0.3) is 0 Å². The molecule has 1 aromatic carbocycles. The maximum atomic E-state index is 11.4. The third kappa shape index (κ3) is 1.25. The molecule has 1 heterocycles. The maximum Gasteiger partial charge on any atom is 0.130 e. The first-order chi connectivity index (χ1) is 7.34. The van der Waals surface area contributed by atoms with E-state index in [0.717, 1.165) is 25.8 Å². The summed E-state index contributed by atoms with van der Waals surface area (Å²) in [6.07, 6.45) is 4.18. The van der Waals surface area contributed by atoms with Gasteiger partial charge in [-0.15, -0.1) is 0 Å². The summed E-state index contributed by atoms with van der Waals surface area (Å²) in [7, 11) is 0. The first kappa shape index (κ1) is 9.10. The van der Waals surface area contributed by atoms with Gasteiger partial charge in [0.15, 0.2) is 0 Å². The molecule has 0 amide bonds. The Kier molecular flexibility index (Phi) is 1.93. The van der Waals surface area contributed by atoms with Crippen molar-refractivity contribution in [2.24, 2.45) is 0 Å². The number of nitrogens with one attached hydrogen (secondary N) is 1. The van der Waals surface area contributed by atoms with Crippen LogP contribution in [0.4, 0.5) is 0 Å². The van der Waals surface area contributed by atoms with Crippen LogP contribution >= 0.6 is 0 Å². The topological polar surface area (TPSA) is 29.1 Å². The number of benzene rings is 1. The second kappa shape index (κ2) is 3.17. The zero-order chi connectivity index (χ0) is 10.3. The van der Waals surface area contributed by atoms with E-state index in [1.54, 1.807) is 0 Å². The molecule has 2 unspecified atom stereocenters. The smallest absolute Gasteiger partial charge is 0.130 e. The largest absolute Gasteiger partial charge is 0.314 e. The quantitative estimate of drug-likeness (QED) is 0.696. The highest BCUT2D eigenvalue weighted by Crippen LogP contribution is 2.40. The second-order valence-corrected chi connectivity index (χ2v) is 4.74. The number of carbonyl (C=O) groups is 1. The Balaban J connectivity index is 2.17. The average Bonchev–Trinajstić information content (AvgIpc) is 2.29. The lowest BCUT2D eigenvalue weighted by Gasteiger charge is -2.43. The van der Waals surface area contributed by atoms with E-state index in [-0.39, 0.29) is 5.41 Å². The van der Waals surface area contributed by atoms with Crippen molar-refractivity contribution in [3.05, 3.63) is 35.4 Å². The van der Waals surface area contributed by atoms with Gasteiger partial charge < -0.3 is 10.1 Å². The molecule has 1 aliphatic carbocycles. The van der Waals surface area contributed by atoms with Crippen molar-refractivity contribution < 1.29 is 4.79 Å². The fourth-order valence-corrected chi connectivity index (χ4v) is 3.12. The summed E-state index contributed by atoms with van der Waals surface area (Å²) >= 11 is 0. The van der Waals surface area contributed by atoms with E-state index in [0.29, 0.717) is 6.04 Å². The van der Waals surface area contributed by atoms with Crippen molar-refractivity contribution >= 4 is 6.29 Å². The molecule has 78 valence electrons. The molecule has 0 spiro atoms. The number of hydrogen-bond donors (Lipinski definition) is 1. The van der Waals surface area contributed by atoms with Crippen LogP contribution in [0.25, 0.3) is 0 Å². The minimum Gasteiger partial charge on any atom is -0.314 e. The van der Waals surface area contributed by atoms with Crippen LogP contribution in [0.1, 0.15) is 24.0 Å². The van der Waals surface area contributed by atoms with Crippen LogP contribution in [0.3, 0.4) is 0 Å². The summed E-state index contributed by atoms with van der Waals surface area (Å²) in [5.41, 5.74) is 2.44. The van der Waals surface area contributed by atoms with Gasteiger partial charge in [-0.2, -0.15) is 0 Å². The molecule has 3 rings (SSSR count). The Morgan fingerprint density at radius 2 is 2.27 bits per heavy atom. The number of piperidine rings is 1. The van der Waals surface area contributed by atoms with E-state index in [9.17, 15) is 4.79 Å². The molecular weight excluding hydrogens is 186 g/mol. The number of rotatable bonds is 1. The number of fused-ring (bicyclic) bond motifs is 4. The minimum absolute atomic E-state index is 0.190. The van der Waals surface area contributed by atoms with E-state index < -0.39 is 0 Å². The van der Waals surface area contributed by atoms with E-state index in [1.807, 2.05) is 6.07 Å². The summed E-state index contributed by atoms with van der Waals surface area (Å²) in [6, 6.07) is 8.90. The van der Waals surface area contributed by atoms with Crippen LogP contribution in [0.2, 0.25) is 0 Å². The van der Waals surface area contributed by atoms with Crippen LogP contribution in [0.15, 0.2) is 24.3 Å². The molecule has 1 aliphatic heterocycles. The maximum absolute atomic E-state index is 11.4. The average molecular weight is 201 g/mol.